The second-order valence-corrected chi connectivity index (χ2v) is 12.5. The molecule has 0 aliphatic carbocycles. The second kappa shape index (κ2) is 23.3. The van der Waals surface area contributed by atoms with Gasteiger partial charge in [-0.1, -0.05) is 121 Å². The maximum Gasteiger partial charge on any atom is 0.330 e. The highest BCUT2D eigenvalue weighted by atomic mass is 31.2. The molecule has 0 saturated heterocycles. The van der Waals surface area contributed by atoms with Gasteiger partial charge in [0.05, 0.1) is 40.5 Å². The summed E-state index contributed by atoms with van der Waals surface area (Å²) in [5.74, 6) is 0. The second-order valence-electron chi connectivity index (χ2n) is 11.5. The Morgan fingerprint density at radius 3 is 1.78 bits per heavy atom. The van der Waals surface area contributed by atoms with Gasteiger partial charge in [-0.15, -0.1) is 0 Å². The van der Waals surface area contributed by atoms with E-state index < -0.39 is 8.60 Å². The third-order valence-electron chi connectivity index (χ3n) is 6.79. The quantitative estimate of drug-likeness (QED) is 0.0725. The molecule has 0 aliphatic rings. The van der Waals surface area contributed by atoms with Gasteiger partial charge in [0.15, 0.2) is 0 Å². The number of quaternary nitrogens is 1. The van der Waals surface area contributed by atoms with E-state index in [-0.39, 0.29) is 6.10 Å². The molecule has 0 spiro atoms. The molecule has 0 heterocycles. The van der Waals surface area contributed by atoms with Gasteiger partial charge in [0.25, 0.3) is 0 Å². The zero-order valence-corrected chi connectivity index (χ0v) is 25.6. The Balaban J connectivity index is 2.16. The van der Waals surface area contributed by atoms with Crippen LogP contribution in [0.5, 0.6) is 0 Å². The molecular formula is C31H59NO4P+. The molecule has 1 rings (SSSR count). The van der Waals surface area contributed by atoms with E-state index in [0.29, 0.717) is 19.8 Å². The predicted molar refractivity (Wildman–Crippen MR) is 159 cm³/mol. The highest BCUT2D eigenvalue weighted by Crippen LogP contribution is 2.33. The molecule has 1 N–H and O–H groups in total. The van der Waals surface area contributed by atoms with E-state index in [1.165, 1.54) is 89.0 Å². The standard InChI is InChI=1S/C31H59NO4P/c1-5-6-7-8-9-10-11-12-13-14-15-16-20-24-31(34-29-30-22-18-17-19-23-30)25-21-27-35-37(33)36-28-26-32(2,3)4/h17-19,22-23,31,33H,5-16,20-21,24-29H2,1-4H3/q+1. The average molecular weight is 541 g/mol. The maximum atomic E-state index is 9.98. The van der Waals surface area contributed by atoms with Gasteiger partial charge in [0, 0.05) is 0 Å². The lowest BCUT2D eigenvalue weighted by Crippen LogP contribution is -2.37. The molecule has 37 heavy (non-hydrogen) atoms. The summed E-state index contributed by atoms with van der Waals surface area (Å²) >= 11 is 0. The van der Waals surface area contributed by atoms with Crippen LogP contribution in [0, 0.1) is 0 Å². The summed E-state index contributed by atoms with van der Waals surface area (Å²) in [5.41, 5.74) is 1.22. The fourth-order valence-electron chi connectivity index (χ4n) is 4.37. The molecule has 2 unspecified atom stereocenters. The molecule has 0 bridgehead atoms. The Morgan fingerprint density at radius 1 is 0.703 bits per heavy atom. The van der Waals surface area contributed by atoms with Crippen LogP contribution in [0.15, 0.2) is 30.3 Å². The first-order valence-electron chi connectivity index (χ1n) is 15.1. The summed E-state index contributed by atoms with van der Waals surface area (Å²) in [4.78, 5) is 9.98. The van der Waals surface area contributed by atoms with Crippen molar-refractivity contribution in [3.05, 3.63) is 35.9 Å². The molecule has 1 aromatic rings. The summed E-state index contributed by atoms with van der Waals surface area (Å²) in [7, 11) is 4.54. The number of rotatable bonds is 26. The Morgan fingerprint density at radius 2 is 1.22 bits per heavy atom. The van der Waals surface area contributed by atoms with E-state index >= 15 is 0 Å². The zero-order valence-electron chi connectivity index (χ0n) is 24.7. The normalized spacial score (nSPS) is 13.6. The minimum Gasteiger partial charge on any atom is -0.374 e. The molecule has 0 aromatic heterocycles. The van der Waals surface area contributed by atoms with Gasteiger partial charge in [-0.2, -0.15) is 0 Å². The molecule has 1 aromatic carbocycles. The van der Waals surface area contributed by atoms with Gasteiger partial charge in [-0.3, -0.25) is 0 Å². The van der Waals surface area contributed by atoms with Gasteiger partial charge in [-0.25, -0.2) is 0 Å². The lowest BCUT2D eigenvalue weighted by Gasteiger charge is -2.24. The molecule has 2 atom stereocenters. The maximum absolute atomic E-state index is 9.98. The summed E-state index contributed by atoms with van der Waals surface area (Å²) < 4.78 is 18.1. The zero-order chi connectivity index (χ0) is 27.0. The first kappa shape index (κ1) is 34.5. The van der Waals surface area contributed by atoms with Crippen LogP contribution in [0.3, 0.4) is 0 Å². The van der Waals surface area contributed by atoms with Crippen LogP contribution in [0.25, 0.3) is 0 Å². The van der Waals surface area contributed by atoms with Crippen molar-refractivity contribution in [2.24, 2.45) is 0 Å². The van der Waals surface area contributed by atoms with Crippen molar-refractivity contribution in [3.8, 4) is 0 Å². The molecule has 5 nitrogen and oxygen atoms in total. The molecule has 216 valence electrons. The van der Waals surface area contributed by atoms with Gasteiger partial charge < -0.3 is 23.2 Å². The minimum absolute atomic E-state index is 0.237. The van der Waals surface area contributed by atoms with E-state index in [4.69, 9.17) is 13.8 Å². The molecule has 0 amide bonds. The van der Waals surface area contributed by atoms with E-state index in [0.717, 1.165) is 30.3 Å². The van der Waals surface area contributed by atoms with E-state index in [2.05, 4.69) is 52.3 Å². The molecule has 6 heteroatoms. The Kier molecular flexibility index (Phi) is 21.8. The third-order valence-corrected chi connectivity index (χ3v) is 7.60. The largest absolute Gasteiger partial charge is 0.374 e. The molecule has 0 radical (unpaired) electrons. The van der Waals surface area contributed by atoms with Crippen molar-refractivity contribution in [2.75, 3.05) is 40.9 Å². The van der Waals surface area contributed by atoms with Crippen molar-refractivity contribution in [2.45, 2.75) is 122 Å². The summed E-state index contributed by atoms with van der Waals surface area (Å²) in [5, 5.41) is 0. The van der Waals surface area contributed by atoms with Crippen molar-refractivity contribution < 1.29 is 23.2 Å². The van der Waals surface area contributed by atoms with Crippen LogP contribution in [0.4, 0.5) is 0 Å². The summed E-state index contributed by atoms with van der Waals surface area (Å²) in [6, 6.07) is 10.4. The third kappa shape index (κ3) is 23.1. The number of benzene rings is 1. The fraction of sp³-hybridized carbons (Fsp3) is 0.806. The number of hydrogen-bond acceptors (Lipinski definition) is 4. The molecular weight excluding hydrogens is 481 g/mol. The van der Waals surface area contributed by atoms with Crippen molar-refractivity contribution in [1.29, 1.82) is 0 Å². The first-order valence-corrected chi connectivity index (χ1v) is 16.2. The lowest BCUT2D eigenvalue weighted by molar-refractivity contribution is -0.870. The van der Waals surface area contributed by atoms with Gasteiger partial charge in [0.1, 0.15) is 13.2 Å². The number of hydrogen-bond donors (Lipinski definition) is 1. The Bertz CT molecular complexity index is 611. The van der Waals surface area contributed by atoms with Crippen molar-refractivity contribution in [1.82, 2.24) is 0 Å². The molecule has 0 aliphatic heterocycles. The van der Waals surface area contributed by atoms with Gasteiger partial charge in [0.2, 0.25) is 0 Å². The summed E-state index contributed by atoms with van der Waals surface area (Å²) in [6.07, 6.45) is 21.0. The average Bonchev–Trinajstić information content (AvgIpc) is 2.87. The molecule has 0 fully saturated rings. The Hall–Kier alpha value is -0.550. The van der Waals surface area contributed by atoms with Crippen molar-refractivity contribution in [3.63, 3.8) is 0 Å². The smallest absolute Gasteiger partial charge is 0.330 e. The Labute approximate surface area is 230 Å². The monoisotopic (exact) mass is 540 g/mol. The lowest BCUT2D eigenvalue weighted by atomic mass is 10.0. The predicted octanol–water partition coefficient (Wildman–Crippen LogP) is 8.79. The van der Waals surface area contributed by atoms with Gasteiger partial charge >= 0.3 is 8.60 Å². The van der Waals surface area contributed by atoms with Crippen LogP contribution in [-0.4, -0.2) is 56.4 Å². The fourth-order valence-corrected chi connectivity index (χ4v) is 4.97. The first-order chi connectivity index (χ1) is 17.9. The highest BCUT2D eigenvalue weighted by molar-refractivity contribution is 7.40. The highest BCUT2D eigenvalue weighted by Gasteiger charge is 2.13. The number of nitrogens with zero attached hydrogens (tertiary/aromatic N) is 1. The summed E-state index contributed by atoms with van der Waals surface area (Å²) in [6.45, 7) is 4.81. The van der Waals surface area contributed by atoms with Crippen LogP contribution >= 0.6 is 8.60 Å². The number of unbranched alkanes of at least 4 members (excludes halogenated alkanes) is 12. The van der Waals surface area contributed by atoms with Gasteiger partial charge in [-0.05, 0) is 24.8 Å². The van der Waals surface area contributed by atoms with Crippen LogP contribution in [0.2, 0.25) is 0 Å². The van der Waals surface area contributed by atoms with Crippen LogP contribution in [0.1, 0.15) is 115 Å². The van der Waals surface area contributed by atoms with Crippen LogP contribution < -0.4 is 0 Å². The number of likely N-dealkylation sites (N-methyl/N-ethyl adjacent to an activating group) is 1. The minimum atomic E-state index is -1.79. The van der Waals surface area contributed by atoms with E-state index in [1.807, 2.05) is 6.07 Å². The van der Waals surface area contributed by atoms with Crippen LogP contribution in [-0.2, 0) is 20.4 Å². The molecule has 0 saturated carbocycles. The van der Waals surface area contributed by atoms with Crippen molar-refractivity contribution >= 4 is 8.60 Å². The topological polar surface area (TPSA) is 47.9 Å². The van der Waals surface area contributed by atoms with E-state index in [9.17, 15) is 4.89 Å². The number of ether oxygens (including phenoxy) is 1. The SMILES string of the molecule is CCCCCCCCCCCCCCCC(CCCOP(O)OCC[N+](C)(C)C)OCc1ccccc1. The van der Waals surface area contributed by atoms with E-state index in [1.54, 1.807) is 0 Å².